The van der Waals surface area contributed by atoms with Gasteiger partial charge in [0.15, 0.2) is 0 Å². The van der Waals surface area contributed by atoms with E-state index in [1.165, 1.54) is 7.11 Å². The van der Waals surface area contributed by atoms with Gasteiger partial charge in [-0.15, -0.1) is 0 Å². The Morgan fingerprint density at radius 3 is 2.80 bits per heavy atom. The molecule has 1 aromatic carbocycles. The summed E-state index contributed by atoms with van der Waals surface area (Å²) in [5, 5.41) is 3.72. The van der Waals surface area contributed by atoms with Crippen molar-refractivity contribution in [3.8, 4) is 0 Å². The summed E-state index contributed by atoms with van der Waals surface area (Å²) < 4.78 is 11.0. The fourth-order valence-electron chi connectivity index (χ4n) is 1.91. The molecule has 1 aromatic heterocycles. The molecule has 0 saturated carbocycles. The van der Waals surface area contributed by atoms with Crippen LogP contribution in [0.1, 0.15) is 27.9 Å². The van der Waals surface area contributed by atoms with Crippen LogP contribution in [0.25, 0.3) is 0 Å². The Kier molecular flexibility index (Phi) is 4.86. The molecule has 6 heteroatoms. The summed E-state index contributed by atoms with van der Waals surface area (Å²) in [6.45, 7) is 0. The molecule has 0 spiro atoms. The van der Waals surface area contributed by atoms with Crippen molar-refractivity contribution in [1.82, 2.24) is 5.32 Å². The number of halogens is 2. The summed E-state index contributed by atoms with van der Waals surface area (Å²) in [6.07, 6.45) is 0. The van der Waals surface area contributed by atoms with E-state index < -0.39 is 5.97 Å². The Hall–Kier alpha value is -1.30. The number of ether oxygens (including phenoxy) is 1. The van der Waals surface area contributed by atoms with Crippen molar-refractivity contribution >= 4 is 33.5 Å². The topological polar surface area (TPSA) is 51.5 Å². The minimum absolute atomic E-state index is 0.161. The van der Waals surface area contributed by atoms with Crippen LogP contribution in [0.15, 0.2) is 39.2 Å². The average Bonchev–Trinajstić information content (AvgIpc) is 2.93. The number of furan rings is 1. The first-order chi connectivity index (χ1) is 9.58. The first-order valence-electron chi connectivity index (χ1n) is 5.87. The Bertz CT molecular complexity index is 627. The van der Waals surface area contributed by atoms with Crippen LogP contribution in [0.4, 0.5) is 0 Å². The largest absolute Gasteiger partial charge is 0.463 e. The molecule has 2 rings (SSSR count). The molecule has 0 saturated heterocycles. The lowest BCUT2D eigenvalue weighted by molar-refractivity contribution is 0.0562. The van der Waals surface area contributed by atoms with Gasteiger partial charge in [0, 0.05) is 4.47 Å². The van der Waals surface area contributed by atoms with E-state index >= 15 is 0 Å². The lowest BCUT2D eigenvalue weighted by Gasteiger charge is -2.16. The van der Waals surface area contributed by atoms with Crippen molar-refractivity contribution in [2.75, 3.05) is 14.2 Å². The lowest BCUT2D eigenvalue weighted by Crippen LogP contribution is -2.17. The monoisotopic (exact) mass is 357 g/mol. The van der Waals surface area contributed by atoms with Gasteiger partial charge in [-0.1, -0.05) is 23.7 Å². The summed E-state index contributed by atoms with van der Waals surface area (Å²) in [5.41, 5.74) is 0.856. The zero-order chi connectivity index (χ0) is 14.7. The van der Waals surface area contributed by atoms with Crippen molar-refractivity contribution in [2.45, 2.75) is 6.04 Å². The van der Waals surface area contributed by atoms with Gasteiger partial charge < -0.3 is 14.5 Å². The molecule has 20 heavy (non-hydrogen) atoms. The van der Waals surface area contributed by atoms with E-state index in [0.717, 1.165) is 10.0 Å². The molecule has 0 aliphatic carbocycles. The molecule has 106 valence electrons. The summed E-state index contributed by atoms with van der Waals surface area (Å²) in [6, 6.07) is 8.70. The summed E-state index contributed by atoms with van der Waals surface area (Å²) in [4.78, 5) is 11.4. The van der Waals surface area contributed by atoms with E-state index in [2.05, 4.69) is 26.0 Å². The normalized spacial score (nSPS) is 12.2. The molecule has 1 heterocycles. The Labute approximate surface area is 130 Å². The number of nitrogens with one attached hydrogen (secondary N) is 1. The van der Waals surface area contributed by atoms with Gasteiger partial charge in [-0.3, -0.25) is 0 Å². The zero-order valence-corrected chi connectivity index (χ0v) is 13.3. The fourth-order valence-corrected chi connectivity index (χ4v) is 2.53. The zero-order valence-electron chi connectivity index (χ0n) is 10.9. The minimum atomic E-state index is -0.508. The number of rotatable bonds is 4. The van der Waals surface area contributed by atoms with E-state index in [0.29, 0.717) is 10.8 Å². The molecule has 0 aliphatic rings. The van der Waals surface area contributed by atoms with Crippen LogP contribution in [0, 0.1) is 0 Å². The van der Waals surface area contributed by atoms with Crippen molar-refractivity contribution in [1.29, 1.82) is 0 Å². The smallest absolute Gasteiger partial charge is 0.373 e. The highest BCUT2D eigenvalue weighted by molar-refractivity contribution is 9.10. The predicted molar refractivity (Wildman–Crippen MR) is 80.1 cm³/mol. The van der Waals surface area contributed by atoms with Crippen LogP contribution >= 0.6 is 27.5 Å². The maximum absolute atomic E-state index is 11.4. The number of benzene rings is 1. The number of hydrogen-bond acceptors (Lipinski definition) is 4. The van der Waals surface area contributed by atoms with Gasteiger partial charge in [-0.25, -0.2) is 4.79 Å². The number of methoxy groups -OCH3 is 1. The molecule has 1 N–H and O–H groups in total. The maximum atomic E-state index is 11.4. The van der Waals surface area contributed by atoms with Gasteiger partial charge in [-0.05, 0) is 46.7 Å². The van der Waals surface area contributed by atoms with Crippen molar-refractivity contribution in [3.63, 3.8) is 0 Å². The highest BCUT2D eigenvalue weighted by atomic mass is 79.9. The first-order valence-corrected chi connectivity index (χ1v) is 7.04. The van der Waals surface area contributed by atoms with Gasteiger partial charge in [0.2, 0.25) is 5.76 Å². The highest BCUT2D eigenvalue weighted by Crippen LogP contribution is 2.33. The number of carbonyl (C=O) groups excluding carboxylic acids is 1. The fraction of sp³-hybridized carbons (Fsp3) is 0.214. The highest BCUT2D eigenvalue weighted by Gasteiger charge is 2.21. The van der Waals surface area contributed by atoms with Crippen molar-refractivity contribution in [2.24, 2.45) is 0 Å². The standard InChI is InChI=1S/C14H13BrClNO3/c1-17-13(8-4-3-5-9(15)12(8)16)10-6-7-11(20-10)14(18)19-2/h3-7,13,17H,1-2H3. The van der Waals surface area contributed by atoms with Crippen molar-refractivity contribution < 1.29 is 13.9 Å². The van der Waals surface area contributed by atoms with Gasteiger partial charge in [0.25, 0.3) is 0 Å². The molecule has 1 atom stereocenters. The Morgan fingerprint density at radius 1 is 1.40 bits per heavy atom. The van der Waals surface area contributed by atoms with Gasteiger partial charge in [-0.2, -0.15) is 0 Å². The second kappa shape index (κ2) is 6.43. The van der Waals surface area contributed by atoms with Gasteiger partial charge >= 0.3 is 5.97 Å². The van der Waals surface area contributed by atoms with E-state index in [4.69, 9.17) is 16.0 Å². The molecule has 2 aromatic rings. The molecular weight excluding hydrogens is 346 g/mol. The van der Waals surface area contributed by atoms with Crippen LogP contribution < -0.4 is 5.32 Å². The molecule has 0 amide bonds. The average molecular weight is 359 g/mol. The SMILES string of the molecule is CNC(c1ccc(C(=O)OC)o1)c1cccc(Br)c1Cl. The molecule has 4 nitrogen and oxygen atoms in total. The van der Waals surface area contributed by atoms with E-state index in [1.807, 2.05) is 18.2 Å². The van der Waals surface area contributed by atoms with Crippen LogP contribution in [0.2, 0.25) is 5.02 Å². The molecular formula is C14H13BrClNO3. The minimum Gasteiger partial charge on any atom is -0.463 e. The molecule has 1 unspecified atom stereocenters. The molecule has 0 radical (unpaired) electrons. The third kappa shape index (κ3) is 2.90. The van der Waals surface area contributed by atoms with E-state index in [-0.39, 0.29) is 11.8 Å². The quantitative estimate of drug-likeness (QED) is 0.845. The summed E-state index contributed by atoms with van der Waals surface area (Å²) >= 11 is 9.68. The third-order valence-corrected chi connectivity index (χ3v) is 4.19. The van der Waals surface area contributed by atoms with Crippen LogP contribution in [-0.2, 0) is 4.74 Å². The maximum Gasteiger partial charge on any atom is 0.373 e. The first kappa shape index (κ1) is 15.1. The number of esters is 1. The van der Waals surface area contributed by atoms with Gasteiger partial charge in [0.05, 0.1) is 18.2 Å². The van der Waals surface area contributed by atoms with Crippen molar-refractivity contribution in [3.05, 3.63) is 56.9 Å². The Balaban J connectivity index is 2.40. The molecule has 0 bridgehead atoms. The number of carbonyl (C=O) groups is 1. The second-order valence-corrected chi connectivity index (χ2v) is 5.29. The third-order valence-electron chi connectivity index (χ3n) is 2.88. The summed E-state index contributed by atoms with van der Waals surface area (Å²) in [7, 11) is 3.10. The Morgan fingerprint density at radius 2 is 2.15 bits per heavy atom. The molecule has 0 fully saturated rings. The lowest BCUT2D eigenvalue weighted by atomic mass is 10.0. The van der Waals surface area contributed by atoms with Gasteiger partial charge in [0.1, 0.15) is 5.76 Å². The van der Waals surface area contributed by atoms with Crippen LogP contribution in [-0.4, -0.2) is 20.1 Å². The predicted octanol–water partition coefficient (Wildman–Crippen LogP) is 3.79. The van der Waals surface area contributed by atoms with E-state index in [9.17, 15) is 4.79 Å². The second-order valence-electron chi connectivity index (χ2n) is 4.06. The molecule has 0 aliphatic heterocycles. The van der Waals surface area contributed by atoms with E-state index in [1.54, 1.807) is 19.2 Å². The number of hydrogen-bond donors (Lipinski definition) is 1. The summed E-state index contributed by atoms with van der Waals surface area (Å²) in [5.74, 6) is 0.244. The van der Waals surface area contributed by atoms with Crippen LogP contribution in [0.5, 0.6) is 0 Å². The van der Waals surface area contributed by atoms with Crippen LogP contribution in [0.3, 0.4) is 0 Å².